The van der Waals surface area contributed by atoms with Crippen LogP contribution in [0.15, 0.2) is 36.7 Å². The lowest BCUT2D eigenvalue weighted by molar-refractivity contribution is -0.121. The molecular weight excluding hydrogens is 286 g/mol. The van der Waals surface area contributed by atoms with E-state index < -0.39 is 0 Å². The number of benzene rings is 1. The largest absolute Gasteiger partial charge is 0.352 e. The Kier molecular flexibility index (Phi) is 5.39. The Hall–Kier alpha value is -1.81. The maximum absolute atomic E-state index is 11.9. The van der Waals surface area contributed by atoms with Crippen LogP contribution in [0.2, 0.25) is 5.02 Å². The van der Waals surface area contributed by atoms with Gasteiger partial charge in [0.25, 0.3) is 0 Å². The lowest BCUT2D eigenvalue weighted by atomic mass is 10.2. The summed E-state index contributed by atoms with van der Waals surface area (Å²) in [5.41, 5.74) is 1.04. The van der Waals surface area contributed by atoms with E-state index in [0.717, 1.165) is 11.4 Å². The molecule has 2 rings (SSSR count). The van der Waals surface area contributed by atoms with Crippen molar-refractivity contribution in [1.82, 2.24) is 14.9 Å². The fourth-order valence-electron chi connectivity index (χ4n) is 2.12. The second-order valence-electron chi connectivity index (χ2n) is 5.29. The molecule has 1 amide bonds. The number of carbonyl (C=O) groups is 1. The molecule has 0 spiro atoms. The summed E-state index contributed by atoms with van der Waals surface area (Å²) < 4.78 is 2.03. The van der Waals surface area contributed by atoms with E-state index >= 15 is 0 Å². The van der Waals surface area contributed by atoms with Crippen LogP contribution in [0, 0.1) is 0 Å². The maximum Gasteiger partial charge on any atom is 0.222 e. The Balaban J connectivity index is 1.79. The molecule has 1 aromatic heterocycles. The van der Waals surface area contributed by atoms with Gasteiger partial charge in [0.1, 0.15) is 5.82 Å². The fourth-order valence-corrected chi connectivity index (χ4v) is 2.25. The van der Waals surface area contributed by atoms with Crippen LogP contribution < -0.4 is 5.32 Å². The first kappa shape index (κ1) is 15.6. The van der Waals surface area contributed by atoms with E-state index in [1.165, 1.54) is 0 Å². The van der Waals surface area contributed by atoms with Crippen molar-refractivity contribution in [3.05, 3.63) is 53.1 Å². The van der Waals surface area contributed by atoms with Gasteiger partial charge in [-0.25, -0.2) is 4.98 Å². The molecule has 5 heteroatoms. The molecule has 0 aliphatic heterocycles. The fraction of sp³-hybridized carbons (Fsp3) is 0.375. The second-order valence-corrected chi connectivity index (χ2v) is 5.72. The number of hydrogen-bond donors (Lipinski definition) is 1. The van der Waals surface area contributed by atoms with Crippen LogP contribution in [-0.2, 0) is 17.9 Å². The number of amides is 1. The summed E-state index contributed by atoms with van der Waals surface area (Å²) in [6, 6.07) is 7.47. The zero-order valence-electron chi connectivity index (χ0n) is 12.3. The average molecular weight is 306 g/mol. The number of imidazole rings is 1. The van der Waals surface area contributed by atoms with Crippen LogP contribution in [0.4, 0.5) is 0 Å². The molecular formula is C16H20ClN3O. The van der Waals surface area contributed by atoms with Gasteiger partial charge < -0.3 is 9.88 Å². The third-order valence-electron chi connectivity index (χ3n) is 3.25. The van der Waals surface area contributed by atoms with Gasteiger partial charge >= 0.3 is 0 Å². The van der Waals surface area contributed by atoms with E-state index in [0.29, 0.717) is 30.5 Å². The third kappa shape index (κ3) is 4.60. The van der Waals surface area contributed by atoms with Crippen LogP contribution >= 0.6 is 11.6 Å². The van der Waals surface area contributed by atoms with Gasteiger partial charge in [-0.15, -0.1) is 0 Å². The lowest BCUT2D eigenvalue weighted by Crippen LogP contribution is -2.24. The van der Waals surface area contributed by atoms with E-state index in [4.69, 9.17) is 11.6 Å². The van der Waals surface area contributed by atoms with Crippen molar-refractivity contribution in [2.24, 2.45) is 0 Å². The number of nitrogens with zero attached hydrogens (tertiary/aromatic N) is 2. The van der Waals surface area contributed by atoms with Crippen molar-refractivity contribution in [3.8, 4) is 0 Å². The zero-order valence-corrected chi connectivity index (χ0v) is 13.1. The minimum atomic E-state index is 0.0355. The number of hydrogen-bond acceptors (Lipinski definition) is 2. The number of carbonyl (C=O) groups excluding carboxylic acids is 1. The zero-order chi connectivity index (χ0) is 15.2. The molecule has 1 aromatic carbocycles. The Morgan fingerprint density at radius 3 is 2.71 bits per heavy atom. The smallest absolute Gasteiger partial charge is 0.222 e. The highest BCUT2D eigenvalue weighted by atomic mass is 35.5. The SMILES string of the molecule is CC(C)c1nccn1CCC(=O)NCc1ccc(Cl)cc1. The summed E-state index contributed by atoms with van der Waals surface area (Å²) in [7, 11) is 0. The van der Waals surface area contributed by atoms with E-state index in [9.17, 15) is 4.79 Å². The summed E-state index contributed by atoms with van der Waals surface area (Å²) in [4.78, 5) is 16.2. The average Bonchev–Trinajstić information content (AvgIpc) is 2.93. The number of halogens is 1. The van der Waals surface area contributed by atoms with E-state index in [1.807, 2.05) is 35.0 Å². The minimum absolute atomic E-state index is 0.0355. The van der Waals surface area contributed by atoms with Crippen LogP contribution in [-0.4, -0.2) is 15.5 Å². The quantitative estimate of drug-likeness (QED) is 0.889. The molecule has 112 valence electrons. The molecule has 21 heavy (non-hydrogen) atoms. The van der Waals surface area contributed by atoms with Crippen LogP contribution in [0.3, 0.4) is 0 Å². The maximum atomic E-state index is 11.9. The summed E-state index contributed by atoms with van der Waals surface area (Å²) in [5.74, 6) is 1.41. The lowest BCUT2D eigenvalue weighted by Gasteiger charge is -2.10. The highest BCUT2D eigenvalue weighted by Crippen LogP contribution is 2.12. The third-order valence-corrected chi connectivity index (χ3v) is 3.50. The topological polar surface area (TPSA) is 46.9 Å². The van der Waals surface area contributed by atoms with Crippen LogP contribution in [0.1, 0.15) is 37.6 Å². The van der Waals surface area contributed by atoms with Gasteiger partial charge in [-0.3, -0.25) is 4.79 Å². The van der Waals surface area contributed by atoms with E-state index in [2.05, 4.69) is 24.1 Å². The predicted molar refractivity (Wildman–Crippen MR) is 84.2 cm³/mol. The molecule has 0 bridgehead atoms. The first-order chi connectivity index (χ1) is 10.1. The Labute approximate surface area is 130 Å². The molecule has 0 atom stereocenters. The molecule has 0 aliphatic rings. The van der Waals surface area contributed by atoms with Crippen molar-refractivity contribution in [1.29, 1.82) is 0 Å². The van der Waals surface area contributed by atoms with Gasteiger partial charge in [0.2, 0.25) is 5.91 Å². The molecule has 0 fully saturated rings. The molecule has 0 radical (unpaired) electrons. The number of aromatic nitrogens is 2. The van der Waals surface area contributed by atoms with Crippen molar-refractivity contribution in [2.75, 3.05) is 0 Å². The summed E-state index contributed by atoms with van der Waals surface area (Å²) in [5, 5.41) is 3.61. The molecule has 4 nitrogen and oxygen atoms in total. The number of nitrogens with one attached hydrogen (secondary N) is 1. The number of aryl methyl sites for hydroxylation is 1. The van der Waals surface area contributed by atoms with E-state index in [1.54, 1.807) is 6.20 Å². The van der Waals surface area contributed by atoms with Crippen molar-refractivity contribution < 1.29 is 4.79 Å². The first-order valence-corrected chi connectivity index (χ1v) is 7.46. The molecule has 0 unspecified atom stereocenters. The predicted octanol–water partition coefficient (Wildman–Crippen LogP) is 3.37. The molecule has 0 saturated heterocycles. The van der Waals surface area contributed by atoms with Gasteiger partial charge in [0.05, 0.1) is 0 Å². The number of rotatable bonds is 6. The van der Waals surface area contributed by atoms with Crippen LogP contribution in [0.5, 0.6) is 0 Å². The van der Waals surface area contributed by atoms with Crippen molar-refractivity contribution in [3.63, 3.8) is 0 Å². The van der Waals surface area contributed by atoms with Gasteiger partial charge in [0.15, 0.2) is 0 Å². The Morgan fingerprint density at radius 1 is 1.33 bits per heavy atom. The van der Waals surface area contributed by atoms with Crippen molar-refractivity contribution in [2.45, 2.75) is 39.3 Å². The summed E-state index contributed by atoms with van der Waals surface area (Å²) >= 11 is 5.83. The Bertz CT molecular complexity index is 590. The molecule has 1 N–H and O–H groups in total. The van der Waals surface area contributed by atoms with Gasteiger partial charge in [-0.1, -0.05) is 37.6 Å². The summed E-state index contributed by atoms with van der Waals surface area (Å²) in [6.45, 7) is 5.37. The monoisotopic (exact) mass is 305 g/mol. The van der Waals surface area contributed by atoms with Gasteiger partial charge in [0, 0.05) is 42.8 Å². The second kappa shape index (κ2) is 7.27. The molecule has 2 aromatic rings. The molecule has 0 saturated carbocycles. The van der Waals surface area contributed by atoms with Crippen LogP contribution in [0.25, 0.3) is 0 Å². The Morgan fingerprint density at radius 2 is 2.05 bits per heavy atom. The molecule has 0 aliphatic carbocycles. The summed E-state index contributed by atoms with van der Waals surface area (Å²) in [6.07, 6.45) is 4.15. The highest BCUT2D eigenvalue weighted by molar-refractivity contribution is 6.30. The first-order valence-electron chi connectivity index (χ1n) is 7.08. The van der Waals surface area contributed by atoms with Gasteiger partial charge in [-0.2, -0.15) is 0 Å². The highest BCUT2D eigenvalue weighted by Gasteiger charge is 2.08. The van der Waals surface area contributed by atoms with E-state index in [-0.39, 0.29) is 5.91 Å². The standard InChI is InChI=1S/C16H20ClN3O/c1-12(2)16-18-8-10-20(16)9-7-15(21)19-11-13-3-5-14(17)6-4-13/h3-6,8,10,12H,7,9,11H2,1-2H3,(H,19,21). The molecule has 1 heterocycles. The van der Waals surface area contributed by atoms with Crippen molar-refractivity contribution >= 4 is 17.5 Å². The minimum Gasteiger partial charge on any atom is -0.352 e. The van der Waals surface area contributed by atoms with Gasteiger partial charge in [-0.05, 0) is 17.7 Å². The normalized spacial score (nSPS) is 10.9.